The van der Waals surface area contributed by atoms with Crippen LogP contribution in [-0.4, -0.2) is 46.2 Å². The Morgan fingerprint density at radius 2 is 0.788 bits per heavy atom. The summed E-state index contributed by atoms with van der Waals surface area (Å²) >= 11 is 0. The van der Waals surface area contributed by atoms with E-state index < -0.39 is 23.3 Å². The number of nitrogens with zero attached hydrogens (tertiary/aromatic N) is 2. The van der Waals surface area contributed by atoms with Gasteiger partial charge in [0.15, 0.2) is 0 Å². The highest BCUT2D eigenvalue weighted by molar-refractivity contribution is 5.89. The van der Waals surface area contributed by atoms with Gasteiger partial charge in [0.2, 0.25) is 0 Å². The van der Waals surface area contributed by atoms with Crippen LogP contribution in [0.5, 0.6) is 11.5 Å². The van der Waals surface area contributed by atoms with Crippen molar-refractivity contribution in [2.75, 3.05) is 26.2 Å². The zero-order valence-corrected chi connectivity index (χ0v) is 28.1. The number of fused-ring (bicyclic) bond motifs is 4. The Balaban J connectivity index is 1.18. The van der Waals surface area contributed by atoms with Crippen LogP contribution in [0.3, 0.4) is 0 Å². The number of piperazine rings is 1. The van der Waals surface area contributed by atoms with E-state index in [4.69, 9.17) is 8.83 Å². The Morgan fingerprint density at radius 3 is 1.21 bits per heavy atom. The summed E-state index contributed by atoms with van der Waals surface area (Å²) in [6, 6.07) is 40.8. The molecule has 1 fully saturated rings. The molecule has 8 heteroatoms. The molecule has 6 aromatic carbocycles. The maximum absolute atomic E-state index is 13.9. The van der Waals surface area contributed by atoms with E-state index in [0.717, 1.165) is 32.7 Å². The maximum Gasteiger partial charge on any atom is 0.345 e. The Kier molecular flexibility index (Phi) is 7.83. The molecular weight excluding hydrogens is 652 g/mol. The van der Waals surface area contributed by atoms with Gasteiger partial charge in [-0.2, -0.15) is 0 Å². The highest BCUT2D eigenvalue weighted by Crippen LogP contribution is 2.42. The first kappa shape index (κ1) is 31.7. The number of para-hydroxylation sites is 2. The molecule has 2 unspecified atom stereocenters. The molecule has 3 heterocycles. The summed E-state index contributed by atoms with van der Waals surface area (Å²) in [5, 5.41) is 28.5. The molecule has 0 bridgehead atoms. The van der Waals surface area contributed by atoms with Gasteiger partial charge in [-0.1, -0.05) is 109 Å². The molecule has 1 aliphatic rings. The number of hydrogen-bond donors (Lipinski definition) is 2. The lowest BCUT2D eigenvalue weighted by molar-refractivity contribution is 0.0873. The average molecular weight is 687 g/mol. The molecule has 8 nitrogen and oxygen atoms in total. The van der Waals surface area contributed by atoms with Gasteiger partial charge in [-0.15, -0.1) is 0 Å². The highest BCUT2D eigenvalue weighted by Gasteiger charge is 2.37. The fraction of sp³-hybridized carbons (Fsp3) is 0.136. The topological polar surface area (TPSA) is 107 Å². The van der Waals surface area contributed by atoms with E-state index in [-0.39, 0.29) is 22.6 Å². The molecular formula is C44H34N2O6. The lowest BCUT2D eigenvalue weighted by Gasteiger charge is -2.42. The zero-order chi connectivity index (χ0) is 35.3. The van der Waals surface area contributed by atoms with Crippen LogP contribution < -0.4 is 11.3 Å². The number of aromatic hydroxyl groups is 2. The number of hydrogen-bond acceptors (Lipinski definition) is 8. The van der Waals surface area contributed by atoms with Gasteiger partial charge in [-0.3, -0.25) is 9.80 Å². The smallest absolute Gasteiger partial charge is 0.345 e. The van der Waals surface area contributed by atoms with E-state index in [1.807, 2.05) is 97.1 Å². The average Bonchev–Trinajstić information content (AvgIpc) is 3.18. The minimum atomic E-state index is -0.635. The summed E-state index contributed by atoms with van der Waals surface area (Å²) < 4.78 is 11.7. The lowest BCUT2D eigenvalue weighted by Crippen LogP contribution is -2.50. The fourth-order valence-electron chi connectivity index (χ4n) is 8.08. The van der Waals surface area contributed by atoms with Crippen LogP contribution in [0.2, 0.25) is 0 Å². The highest BCUT2D eigenvalue weighted by atomic mass is 16.4. The Morgan fingerprint density at radius 1 is 0.442 bits per heavy atom. The van der Waals surface area contributed by atoms with Gasteiger partial charge >= 0.3 is 11.3 Å². The molecule has 2 atom stereocenters. The molecule has 256 valence electrons. The molecule has 2 aromatic heterocycles. The third kappa shape index (κ3) is 5.23. The standard InChI is InChI=1S/C44H34N2O6/c47-41-33-17-5-7-21-35(33)51-43(49)37(41)39(31-19-9-13-27-11-1-3-15-29(27)31)45-23-25-46(26-24-45)40(32-20-10-14-28-12-2-4-16-30(28)32)38-42(48)34-18-6-8-22-36(34)52-44(38)50/h1-22,39-40,47-48H,23-26H2. The van der Waals surface area contributed by atoms with Crippen molar-refractivity contribution in [3.63, 3.8) is 0 Å². The van der Waals surface area contributed by atoms with Crippen LogP contribution >= 0.6 is 0 Å². The van der Waals surface area contributed by atoms with Crippen LogP contribution in [0, 0.1) is 0 Å². The van der Waals surface area contributed by atoms with Crippen LogP contribution in [0.25, 0.3) is 43.5 Å². The van der Waals surface area contributed by atoms with Crippen molar-refractivity contribution in [2.45, 2.75) is 12.1 Å². The van der Waals surface area contributed by atoms with Crippen molar-refractivity contribution >= 4 is 43.5 Å². The molecule has 9 rings (SSSR count). The molecule has 0 radical (unpaired) electrons. The first-order valence-electron chi connectivity index (χ1n) is 17.4. The molecule has 1 aliphatic heterocycles. The Hall–Kier alpha value is -6.22. The van der Waals surface area contributed by atoms with Gasteiger partial charge in [0, 0.05) is 26.2 Å². The van der Waals surface area contributed by atoms with Gasteiger partial charge in [-0.25, -0.2) is 9.59 Å². The van der Waals surface area contributed by atoms with Gasteiger partial charge < -0.3 is 19.0 Å². The monoisotopic (exact) mass is 686 g/mol. The summed E-state index contributed by atoms with van der Waals surface area (Å²) in [7, 11) is 0. The summed E-state index contributed by atoms with van der Waals surface area (Å²) in [5.74, 6) is -0.195. The molecule has 0 saturated carbocycles. The molecule has 0 spiro atoms. The lowest BCUT2D eigenvalue weighted by atomic mass is 9.90. The second-order valence-electron chi connectivity index (χ2n) is 13.3. The number of rotatable bonds is 6. The predicted molar refractivity (Wildman–Crippen MR) is 203 cm³/mol. The van der Waals surface area contributed by atoms with Crippen molar-refractivity contribution in [2.24, 2.45) is 0 Å². The molecule has 52 heavy (non-hydrogen) atoms. The van der Waals surface area contributed by atoms with Crippen LogP contribution in [-0.2, 0) is 0 Å². The van der Waals surface area contributed by atoms with Gasteiger partial charge in [0.1, 0.15) is 33.8 Å². The molecule has 2 N–H and O–H groups in total. The van der Waals surface area contributed by atoms with Crippen LogP contribution in [0.1, 0.15) is 34.3 Å². The van der Waals surface area contributed by atoms with Crippen LogP contribution in [0.15, 0.2) is 152 Å². The normalized spacial score (nSPS) is 15.4. The van der Waals surface area contributed by atoms with Crippen molar-refractivity contribution in [3.8, 4) is 11.5 Å². The van der Waals surface area contributed by atoms with E-state index in [1.54, 1.807) is 36.4 Å². The van der Waals surface area contributed by atoms with E-state index >= 15 is 0 Å². The Bertz CT molecular complexity index is 2560. The third-order valence-corrected chi connectivity index (χ3v) is 10.5. The summed E-state index contributed by atoms with van der Waals surface area (Å²) in [6.45, 7) is 1.89. The predicted octanol–water partition coefficient (Wildman–Crippen LogP) is 8.11. The van der Waals surface area contributed by atoms with E-state index in [9.17, 15) is 19.8 Å². The quantitative estimate of drug-likeness (QED) is 0.169. The zero-order valence-electron chi connectivity index (χ0n) is 28.1. The van der Waals surface area contributed by atoms with E-state index in [2.05, 4.69) is 9.80 Å². The summed E-state index contributed by atoms with van der Waals surface area (Å²) in [5.41, 5.74) is 1.58. The largest absolute Gasteiger partial charge is 0.507 e. The van der Waals surface area contributed by atoms with Crippen molar-refractivity contribution in [1.82, 2.24) is 9.80 Å². The molecule has 8 aromatic rings. The maximum atomic E-state index is 13.9. The van der Waals surface area contributed by atoms with E-state index in [0.29, 0.717) is 48.1 Å². The van der Waals surface area contributed by atoms with Crippen LogP contribution in [0.4, 0.5) is 0 Å². The first-order valence-corrected chi connectivity index (χ1v) is 17.4. The summed E-state index contributed by atoms with van der Waals surface area (Å²) in [6.07, 6.45) is 0. The Labute approximate surface area is 298 Å². The number of benzene rings is 6. The van der Waals surface area contributed by atoms with Gasteiger partial charge in [-0.05, 0) is 56.9 Å². The third-order valence-electron chi connectivity index (χ3n) is 10.5. The minimum Gasteiger partial charge on any atom is -0.507 e. The first-order chi connectivity index (χ1) is 25.5. The second-order valence-corrected chi connectivity index (χ2v) is 13.3. The van der Waals surface area contributed by atoms with Crippen molar-refractivity contribution in [3.05, 3.63) is 177 Å². The van der Waals surface area contributed by atoms with E-state index in [1.165, 1.54) is 0 Å². The van der Waals surface area contributed by atoms with Crippen molar-refractivity contribution < 1.29 is 19.0 Å². The minimum absolute atomic E-state index is 0.0976. The van der Waals surface area contributed by atoms with Gasteiger partial charge in [0.05, 0.1) is 22.9 Å². The summed E-state index contributed by atoms with van der Waals surface area (Å²) in [4.78, 5) is 32.1. The molecule has 1 saturated heterocycles. The van der Waals surface area contributed by atoms with Gasteiger partial charge in [0.25, 0.3) is 0 Å². The fourth-order valence-corrected chi connectivity index (χ4v) is 8.08. The van der Waals surface area contributed by atoms with Crippen molar-refractivity contribution in [1.29, 1.82) is 0 Å². The SMILES string of the molecule is O=c1oc2ccccc2c(O)c1C(c1cccc2ccccc12)N1CCN(C(c2c(O)c3ccccc3oc2=O)c2cccc3ccccc23)CC1. The second kappa shape index (κ2) is 12.8. The molecule has 0 amide bonds. The molecule has 0 aliphatic carbocycles.